The van der Waals surface area contributed by atoms with Crippen molar-refractivity contribution in [3.05, 3.63) is 84.0 Å². The fourth-order valence-corrected chi connectivity index (χ4v) is 5.27. The van der Waals surface area contributed by atoms with Gasteiger partial charge in [0.15, 0.2) is 5.11 Å². The van der Waals surface area contributed by atoms with Crippen molar-refractivity contribution in [3.63, 3.8) is 0 Å². The molecule has 39 heavy (non-hydrogen) atoms. The Kier molecular flexibility index (Phi) is 6.85. The summed E-state index contributed by atoms with van der Waals surface area (Å²) in [5.41, 5.74) is 4.89. The summed E-state index contributed by atoms with van der Waals surface area (Å²) < 4.78 is 9.62. The van der Waals surface area contributed by atoms with Crippen molar-refractivity contribution in [2.24, 2.45) is 5.41 Å². The molecule has 1 saturated heterocycles. The highest BCUT2D eigenvalue weighted by Gasteiger charge is 2.42. The Hall–Kier alpha value is -4.25. The summed E-state index contributed by atoms with van der Waals surface area (Å²) in [6.45, 7) is 9.73. The fraction of sp³-hybridized carbons (Fsp3) is 0.321. The lowest BCUT2D eigenvalue weighted by molar-refractivity contribution is -0.123. The van der Waals surface area contributed by atoms with Crippen LogP contribution in [0.4, 0.5) is 11.4 Å². The highest BCUT2D eigenvalue weighted by molar-refractivity contribution is 7.80. The number of carbonyl (C=O) groups excluding carboxylic acids is 1. The van der Waals surface area contributed by atoms with E-state index < -0.39 is 5.41 Å². The molecule has 3 aromatic heterocycles. The molecule has 1 aromatic carbocycles. The van der Waals surface area contributed by atoms with Gasteiger partial charge in [0, 0.05) is 40.3 Å². The maximum absolute atomic E-state index is 12.7. The van der Waals surface area contributed by atoms with Crippen LogP contribution < -0.4 is 20.3 Å². The monoisotopic (exact) mass is 544 g/mol. The first kappa shape index (κ1) is 26.4. The number of carbonyl (C=O) groups is 1. The number of anilines is 2. The van der Waals surface area contributed by atoms with Gasteiger partial charge in [-0.05, 0) is 56.4 Å². The lowest BCUT2D eigenvalue weighted by Crippen LogP contribution is -2.30. The van der Waals surface area contributed by atoms with E-state index in [1.807, 2.05) is 68.8 Å². The van der Waals surface area contributed by atoms with Gasteiger partial charge in [0.1, 0.15) is 18.4 Å². The van der Waals surface area contributed by atoms with E-state index in [-0.39, 0.29) is 18.0 Å². The molecule has 2 atom stereocenters. The molecule has 1 aliphatic rings. The number of thiocarbonyl (C=S) groups is 1. The Morgan fingerprint density at radius 3 is 2.49 bits per heavy atom. The van der Waals surface area contributed by atoms with Crippen molar-refractivity contribution < 1.29 is 9.53 Å². The van der Waals surface area contributed by atoms with E-state index in [0.29, 0.717) is 16.5 Å². The van der Waals surface area contributed by atoms with Crippen LogP contribution in [0.5, 0.6) is 5.75 Å². The van der Waals surface area contributed by atoms with Crippen molar-refractivity contribution in [2.75, 3.05) is 17.3 Å². The van der Waals surface area contributed by atoms with Crippen LogP contribution in [0.3, 0.4) is 0 Å². The Morgan fingerprint density at radius 2 is 1.85 bits per heavy atom. The third kappa shape index (κ3) is 4.85. The summed E-state index contributed by atoms with van der Waals surface area (Å²) in [5.74, 6) is 0.448. The Bertz CT molecular complexity index is 1510. The first-order valence-electron chi connectivity index (χ1n) is 12.6. The zero-order valence-electron chi connectivity index (χ0n) is 22.8. The molecule has 4 heterocycles. The summed E-state index contributed by atoms with van der Waals surface area (Å²) >= 11 is 5.91. The predicted octanol–water partition coefficient (Wildman–Crippen LogP) is 4.57. The average Bonchev–Trinajstić information content (AvgIpc) is 3.62. The number of amides is 1. The van der Waals surface area contributed by atoms with E-state index in [1.165, 1.54) is 0 Å². The topological polar surface area (TPSA) is 102 Å². The van der Waals surface area contributed by atoms with Gasteiger partial charge in [0.2, 0.25) is 5.91 Å². The molecule has 0 unspecified atom stereocenters. The standard InChI is InChI=1S/C28H32N8O2S/c1-17-13-20(18(2)36(17)34-15-30-31-16-34)25-24(22-9-7-8-12-29-22)33-27(39)35(25)19-10-11-21(23(14-19)38-6)32-26(37)28(3,4)5/h7-16,24-25H,1-6H3,(H,32,37)(H,33,39)/t24-,25+/m1/s1. The third-order valence-corrected chi connectivity index (χ3v) is 7.20. The molecule has 0 bridgehead atoms. The molecule has 1 amide bonds. The van der Waals surface area contributed by atoms with E-state index >= 15 is 0 Å². The molecule has 5 rings (SSSR count). The molecule has 202 valence electrons. The molecular weight excluding hydrogens is 512 g/mol. The van der Waals surface area contributed by atoms with Gasteiger partial charge in [-0.1, -0.05) is 26.8 Å². The van der Waals surface area contributed by atoms with Crippen LogP contribution in [-0.4, -0.2) is 42.7 Å². The van der Waals surface area contributed by atoms with E-state index in [9.17, 15) is 4.79 Å². The lowest BCUT2D eigenvalue weighted by Gasteiger charge is -2.29. The second kappa shape index (κ2) is 10.1. The Balaban J connectivity index is 1.62. The van der Waals surface area contributed by atoms with Crippen LogP contribution in [0.1, 0.15) is 55.5 Å². The number of aromatic nitrogens is 5. The number of hydrogen-bond acceptors (Lipinski definition) is 6. The van der Waals surface area contributed by atoms with E-state index in [2.05, 4.69) is 48.4 Å². The third-order valence-electron chi connectivity index (χ3n) is 6.88. The molecule has 0 radical (unpaired) electrons. The zero-order valence-corrected chi connectivity index (χ0v) is 23.7. The van der Waals surface area contributed by atoms with Crippen LogP contribution in [0, 0.1) is 19.3 Å². The summed E-state index contributed by atoms with van der Waals surface area (Å²) in [4.78, 5) is 19.4. The van der Waals surface area contributed by atoms with Crippen molar-refractivity contribution >= 4 is 34.6 Å². The Morgan fingerprint density at radius 1 is 1.10 bits per heavy atom. The molecule has 0 aliphatic carbocycles. The van der Waals surface area contributed by atoms with Gasteiger partial charge in [-0.25, -0.2) is 4.68 Å². The number of aryl methyl sites for hydroxylation is 1. The number of ether oxygens (including phenoxy) is 1. The Labute approximate surface area is 233 Å². The molecule has 0 spiro atoms. The van der Waals surface area contributed by atoms with E-state index in [1.54, 1.807) is 26.0 Å². The molecule has 4 aromatic rings. The molecule has 0 saturated carbocycles. The van der Waals surface area contributed by atoms with Crippen molar-refractivity contribution in [2.45, 2.75) is 46.7 Å². The van der Waals surface area contributed by atoms with Gasteiger partial charge >= 0.3 is 0 Å². The van der Waals surface area contributed by atoms with Gasteiger partial charge in [0.05, 0.1) is 30.6 Å². The summed E-state index contributed by atoms with van der Waals surface area (Å²) in [6, 6.07) is 13.3. The fourth-order valence-electron chi connectivity index (χ4n) is 4.92. The molecule has 2 N–H and O–H groups in total. The summed E-state index contributed by atoms with van der Waals surface area (Å²) in [6.07, 6.45) is 5.13. The van der Waals surface area contributed by atoms with Crippen molar-refractivity contribution in [3.8, 4) is 5.75 Å². The highest BCUT2D eigenvalue weighted by Crippen LogP contribution is 2.44. The highest BCUT2D eigenvalue weighted by atomic mass is 32.1. The largest absolute Gasteiger partial charge is 0.494 e. The lowest BCUT2D eigenvalue weighted by atomic mass is 9.95. The second-order valence-corrected chi connectivity index (χ2v) is 11.0. The normalized spacial score (nSPS) is 17.3. The minimum absolute atomic E-state index is 0.0959. The first-order valence-corrected chi connectivity index (χ1v) is 13.0. The SMILES string of the molecule is COc1cc(N2C(=S)N[C@H](c3ccccn3)[C@@H]2c2cc(C)n(-n3cnnc3)c2C)ccc1NC(=O)C(C)(C)C. The van der Waals surface area contributed by atoms with Crippen LogP contribution in [0.25, 0.3) is 0 Å². The van der Waals surface area contributed by atoms with Crippen LogP contribution in [0.2, 0.25) is 0 Å². The second-order valence-electron chi connectivity index (χ2n) is 10.6. The summed E-state index contributed by atoms with van der Waals surface area (Å²) in [7, 11) is 1.59. The number of rotatable bonds is 6. The molecule has 1 aliphatic heterocycles. The maximum Gasteiger partial charge on any atom is 0.229 e. The quantitative estimate of drug-likeness (QED) is 0.340. The number of hydrogen-bond donors (Lipinski definition) is 2. The number of nitrogens with zero attached hydrogens (tertiary/aromatic N) is 6. The zero-order chi connectivity index (χ0) is 27.9. The van der Waals surface area contributed by atoms with E-state index in [4.69, 9.17) is 17.0 Å². The maximum atomic E-state index is 12.7. The number of benzene rings is 1. The van der Waals surface area contributed by atoms with Crippen LogP contribution in [-0.2, 0) is 4.79 Å². The van der Waals surface area contributed by atoms with Crippen molar-refractivity contribution in [1.29, 1.82) is 0 Å². The van der Waals surface area contributed by atoms with Crippen LogP contribution in [0.15, 0.2) is 61.3 Å². The smallest absolute Gasteiger partial charge is 0.229 e. The van der Waals surface area contributed by atoms with Gasteiger partial charge < -0.3 is 20.3 Å². The minimum atomic E-state index is -0.543. The van der Waals surface area contributed by atoms with Gasteiger partial charge in [-0.2, -0.15) is 0 Å². The minimum Gasteiger partial charge on any atom is -0.494 e. The van der Waals surface area contributed by atoms with E-state index in [0.717, 1.165) is 28.3 Å². The van der Waals surface area contributed by atoms with Gasteiger partial charge in [-0.3, -0.25) is 14.5 Å². The number of pyridine rings is 1. The summed E-state index contributed by atoms with van der Waals surface area (Å²) in [5, 5.41) is 15.0. The van der Waals surface area contributed by atoms with Gasteiger partial charge in [0.25, 0.3) is 0 Å². The number of nitrogens with one attached hydrogen (secondary N) is 2. The van der Waals surface area contributed by atoms with Crippen molar-refractivity contribution in [1.82, 2.24) is 29.9 Å². The average molecular weight is 545 g/mol. The molecule has 10 nitrogen and oxygen atoms in total. The molecular formula is C28H32N8O2S. The van der Waals surface area contributed by atoms with Crippen LogP contribution >= 0.6 is 12.2 Å². The first-order chi connectivity index (χ1) is 18.6. The predicted molar refractivity (Wildman–Crippen MR) is 154 cm³/mol. The number of methoxy groups -OCH3 is 1. The van der Waals surface area contributed by atoms with Gasteiger partial charge in [-0.15, -0.1) is 10.2 Å². The molecule has 1 fully saturated rings. The molecule has 11 heteroatoms.